The van der Waals surface area contributed by atoms with Crippen LogP contribution in [0.1, 0.15) is 6.92 Å². The summed E-state index contributed by atoms with van der Waals surface area (Å²) in [7, 11) is 0. The number of carbonyl (C=O) groups is 1. The second-order valence-corrected chi connectivity index (χ2v) is 0.492. The van der Waals surface area contributed by atoms with Crippen molar-refractivity contribution >= 4 is 5.97 Å². The van der Waals surface area contributed by atoms with E-state index in [0.29, 0.717) is 0 Å². The molecule has 0 heterocycles. The molecule has 0 N–H and O–H groups in total. The van der Waals surface area contributed by atoms with Gasteiger partial charge in [0, 0.05) is 5.97 Å². The summed E-state index contributed by atoms with van der Waals surface area (Å²) in [5.74, 6) is -1.08. The molecule has 0 fully saturated rings. The van der Waals surface area contributed by atoms with Gasteiger partial charge in [-0.15, -0.1) is 0 Å². The largest absolute Gasteiger partial charge is 3.00 e. The van der Waals surface area contributed by atoms with Crippen LogP contribution in [0.5, 0.6) is 0 Å². The molecule has 0 rings (SSSR count). The maximum atomic E-state index is 8.89. The third-order valence-electron chi connectivity index (χ3n) is 0. The number of carboxylic acid groups (broad SMARTS) is 1. The normalized spacial score (nSPS) is 3.57. The summed E-state index contributed by atoms with van der Waals surface area (Å²) < 4.78 is 0. The van der Waals surface area contributed by atoms with Gasteiger partial charge in [0.2, 0.25) is 0 Å². The second kappa shape index (κ2) is 15.7. The Labute approximate surface area is 99.0 Å². The molecule has 0 aromatic rings. The van der Waals surface area contributed by atoms with Gasteiger partial charge in [0.25, 0.3) is 0 Å². The van der Waals surface area contributed by atoms with Crippen LogP contribution >= 0.6 is 0 Å². The van der Waals surface area contributed by atoms with Gasteiger partial charge in [0.1, 0.15) is 0 Å². The average molecular weight is 272 g/mol. The van der Waals surface area contributed by atoms with Gasteiger partial charge in [-0.25, -0.2) is 0 Å². The zero-order valence-corrected chi connectivity index (χ0v) is 10.3. The van der Waals surface area contributed by atoms with Gasteiger partial charge in [0.05, 0.1) is 0 Å². The second-order valence-electron chi connectivity index (χ2n) is 0.492. The molecule has 0 amide bonds. The van der Waals surface area contributed by atoms with E-state index < -0.39 is 5.97 Å². The number of carboxylic acids is 1. The van der Waals surface area contributed by atoms with Crippen molar-refractivity contribution in [2.24, 2.45) is 0 Å². The van der Waals surface area contributed by atoms with Gasteiger partial charge >= 0.3 is 65.4 Å². The monoisotopic (exact) mass is 272 g/mol. The number of hydrogen-bond acceptors (Lipinski definition) is 2. The van der Waals surface area contributed by atoms with Crippen molar-refractivity contribution in [3.63, 3.8) is 0 Å². The predicted molar refractivity (Wildman–Crippen MR) is 10.7 cm³/mol. The first-order valence-electron chi connectivity index (χ1n) is 0.908. The Morgan fingerprint density at radius 1 is 1.43 bits per heavy atom. The molecular formula is C2H3ClO2Y2+4. The average Bonchev–Trinajstić information content (AvgIpc) is 0.811. The van der Waals surface area contributed by atoms with Crippen molar-refractivity contribution in [3.05, 3.63) is 0 Å². The minimum absolute atomic E-state index is 0. The van der Waals surface area contributed by atoms with Crippen LogP contribution in [-0.4, -0.2) is 5.97 Å². The molecular weight excluding hydrogens is 269 g/mol. The Bertz CT molecular complexity index is 36.7. The topological polar surface area (TPSA) is 40.1 Å². The smallest absolute Gasteiger partial charge is 1.00 e. The SMILES string of the molecule is CC(=O)[O-].[Cl-].[Y+3].[Y+3]. The summed E-state index contributed by atoms with van der Waals surface area (Å²) in [6, 6.07) is 0. The molecule has 0 saturated carbocycles. The fourth-order valence-corrected chi connectivity index (χ4v) is 0. The third-order valence-corrected chi connectivity index (χ3v) is 0. The van der Waals surface area contributed by atoms with E-state index in [2.05, 4.69) is 0 Å². The molecule has 0 unspecified atom stereocenters. The molecule has 0 aliphatic carbocycles. The van der Waals surface area contributed by atoms with Gasteiger partial charge in [0.15, 0.2) is 0 Å². The van der Waals surface area contributed by atoms with Gasteiger partial charge in [-0.1, -0.05) is 0 Å². The molecule has 5 heteroatoms. The summed E-state index contributed by atoms with van der Waals surface area (Å²) in [6.07, 6.45) is 0. The van der Waals surface area contributed by atoms with Crippen molar-refractivity contribution in [2.45, 2.75) is 6.92 Å². The van der Waals surface area contributed by atoms with Crippen LogP contribution in [0.15, 0.2) is 0 Å². The van der Waals surface area contributed by atoms with Crippen LogP contribution in [0, 0.1) is 0 Å². The summed E-state index contributed by atoms with van der Waals surface area (Å²) in [6.45, 7) is 0.972. The van der Waals surface area contributed by atoms with Crippen molar-refractivity contribution < 1.29 is 87.7 Å². The van der Waals surface area contributed by atoms with E-state index in [1.54, 1.807) is 0 Å². The summed E-state index contributed by atoms with van der Waals surface area (Å²) in [5, 5.41) is 8.89. The van der Waals surface area contributed by atoms with E-state index in [1.165, 1.54) is 0 Å². The maximum absolute atomic E-state index is 8.89. The minimum Gasteiger partial charge on any atom is -1.00 e. The molecule has 0 radical (unpaired) electrons. The van der Waals surface area contributed by atoms with Crippen LogP contribution in [-0.2, 0) is 70.2 Å². The number of aliphatic carboxylic acids is 1. The molecule has 7 heavy (non-hydrogen) atoms. The number of halogens is 1. The Morgan fingerprint density at radius 3 is 1.43 bits per heavy atom. The van der Waals surface area contributed by atoms with Gasteiger partial charge < -0.3 is 22.3 Å². The third kappa shape index (κ3) is 73.3. The zero-order valence-electron chi connectivity index (χ0n) is 3.85. The first kappa shape index (κ1) is 23.1. The molecule has 32 valence electrons. The van der Waals surface area contributed by atoms with Crippen molar-refractivity contribution in [1.82, 2.24) is 0 Å². The molecule has 0 aliphatic heterocycles. The first-order chi connectivity index (χ1) is 1.73. The van der Waals surface area contributed by atoms with E-state index in [0.717, 1.165) is 6.92 Å². The Balaban J connectivity index is -0.0000000150. The van der Waals surface area contributed by atoms with E-state index in [1.807, 2.05) is 0 Å². The van der Waals surface area contributed by atoms with Gasteiger partial charge in [-0.2, -0.15) is 0 Å². The summed E-state index contributed by atoms with van der Waals surface area (Å²) >= 11 is 0. The molecule has 0 bridgehead atoms. The Kier molecular flexibility index (Phi) is 51.7. The van der Waals surface area contributed by atoms with Gasteiger partial charge in [-0.3, -0.25) is 0 Å². The minimum atomic E-state index is -1.08. The number of hydrogen-bond donors (Lipinski definition) is 0. The quantitative estimate of drug-likeness (QED) is 0.448. The van der Waals surface area contributed by atoms with E-state index in [9.17, 15) is 0 Å². The Morgan fingerprint density at radius 2 is 1.43 bits per heavy atom. The van der Waals surface area contributed by atoms with Crippen LogP contribution in [0.3, 0.4) is 0 Å². The molecule has 0 atom stereocenters. The van der Waals surface area contributed by atoms with Crippen LogP contribution in [0.2, 0.25) is 0 Å². The van der Waals surface area contributed by atoms with Crippen molar-refractivity contribution in [3.8, 4) is 0 Å². The predicted octanol–water partition coefficient (Wildman–Crippen LogP) is -4.24. The van der Waals surface area contributed by atoms with Gasteiger partial charge in [-0.05, 0) is 6.92 Å². The fourth-order valence-electron chi connectivity index (χ4n) is 0. The van der Waals surface area contributed by atoms with E-state index >= 15 is 0 Å². The van der Waals surface area contributed by atoms with Crippen LogP contribution in [0.25, 0.3) is 0 Å². The maximum Gasteiger partial charge on any atom is 3.00 e. The molecule has 0 aromatic heterocycles. The molecule has 0 spiro atoms. The standard InChI is InChI=1S/C2H4O2.ClH.2Y/c1-2(3)4;;;/h1H3,(H,3,4);1H;;/q;;2*+3/p-2. The molecule has 0 saturated heterocycles. The Hall–Kier alpha value is 1.97. The summed E-state index contributed by atoms with van der Waals surface area (Å²) in [4.78, 5) is 8.89. The fraction of sp³-hybridized carbons (Fsp3) is 0.500. The zero-order chi connectivity index (χ0) is 3.58. The van der Waals surface area contributed by atoms with E-state index in [-0.39, 0.29) is 77.8 Å². The van der Waals surface area contributed by atoms with Crippen LogP contribution in [0.4, 0.5) is 0 Å². The molecule has 0 aromatic carbocycles. The van der Waals surface area contributed by atoms with Crippen molar-refractivity contribution in [1.29, 1.82) is 0 Å². The van der Waals surface area contributed by atoms with Crippen LogP contribution < -0.4 is 17.5 Å². The van der Waals surface area contributed by atoms with Crippen molar-refractivity contribution in [2.75, 3.05) is 0 Å². The molecule has 0 aliphatic rings. The number of rotatable bonds is 0. The molecule has 2 nitrogen and oxygen atoms in total. The first-order valence-corrected chi connectivity index (χ1v) is 0.908. The number of carbonyl (C=O) groups excluding carboxylic acids is 1. The summed E-state index contributed by atoms with van der Waals surface area (Å²) in [5.41, 5.74) is 0. The van der Waals surface area contributed by atoms with E-state index in [4.69, 9.17) is 9.90 Å².